The topological polar surface area (TPSA) is 67.4 Å². The van der Waals surface area contributed by atoms with Crippen LogP contribution in [0.15, 0.2) is 42.4 Å². The molecule has 0 saturated carbocycles. The van der Waals surface area contributed by atoms with Gasteiger partial charge in [-0.25, -0.2) is 0 Å². The Kier molecular flexibility index (Phi) is 2.97. The second-order valence-corrected chi connectivity index (χ2v) is 4.04. The molecule has 0 aromatic carbocycles. The third-order valence-corrected chi connectivity index (χ3v) is 2.80. The van der Waals surface area contributed by atoms with E-state index in [1.54, 1.807) is 59.9 Å². The van der Waals surface area contributed by atoms with Crippen LogP contribution in [-0.4, -0.2) is 25.1 Å². The molecule has 0 amide bonds. The van der Waals surface area contributed by atoms with Gasteiger partial charge in [-0.1, -0.05) is 0 Å². The van der Waals surface area contributed by atoms with Gasteiger partial charge in [0, 0.05) is 26.5 Å². The fourth-order valence-corrected chi connectivity index (χ4v) is 1.75. The van der Waals surface area contributed by atoms with E-state index >= 15 is 0 Å². The van der Waals surface area contributed by atoms with Crippen molar-refractivity contribution in [3.05, 3.63) is 53.8 Å². The van der Waals surface area contributed by atoms with E-state index in [4.69, 9.17) is 0 Å². The number of allylic oxidation sites excluding steroid dienone is 1. The van der Waals surface area contributed by atoms with Gasteiger partial charge in [-0.2, -0.15) is 0 Å². The van der Waals surface area contributed by atoms with Crippen LogP contribution in [0.25, 0.3) is 5.76 Å². The van der Waals surface area contributed by atoms with Crippen LogP contribution in [0.1, 0.15) is 16.2 Å². The molecule has 0 fully saturated rings. The van der Waals surface area contributed by atoms with Gasteiger partial charge >= 0.3 is 0 Å². The lowest BCUT2D eigenvalue weighted by atomic mass is 10.2. The highest BCUT2D eigenvalue weighted by Crippen LogP contribution is 2.17. The second-order valence-electron chi connectivity index (χ2n) is 4.04. The van der Waals surface area contributed by atoms with Crippen LogP contribution in [0.4, 0.5) is 0 Å². The average molecular weight is 246 g/mol. The monoisotopic (exact) mass is 246 g/mol. The predicted octanol–water partition coefficient (Wildman–Crippen LogP) is 2.03. The highest BCUT2D eigenvalue weighted by Gasteiger charge is 2.20. The van der Waals surface area contributed by atoms with Crippen LogP contribution in [0.5, 0.6) is 0 Å². The van der Waals surface area contributed by atoms with E-state index in [1.165, 1.54) is 0 Å². The minimum Gasteiger partial charge on any atom is -0.503 e. The van der Waals surface area contributed by atoms with Crippen molar-refractivity contribution in [3.63, 3.8) is 0 Å². The molecule has 0 saturated heterocycles. The highest BCUT2D eigenvalue weighted by atomic mass is 16.3. The largest absolute Gasteiger partial charge is 0.503 e. The molecule has 0 aliphatic rings. The maximum atomic E-state index is 12.0. The number of ketones is 1. The summed E-state index contributed by atoms with van der Waals surface area (Å²) in [6.45, 7) is 0. The number of aromatic nitrogens is 2. The molecule has 0 unspecified atom stereocenters. The Labute approximate surface area is 104 Å². The molecular weight excluding hydrogens is 232 g/mol. The Morgan fingerprint density at radius 3 is 1.94 bits per heavy atom. The van der Waals surface area contributed by atoms with Crippen LogP contribution in [0.3, 0.4) is 0 Å². The fraction of sp³-hybridized carbons (Fsp3) is 0.154. The molecule has 2 rings (SSSR count). The molecule has 5 nitrogen and oxygen atoms in total. The summed E-state index contributed by atoms with van der Waals surface area (Å²) in [5.74, 6) is -1.69. The van der Waals surface area contributed by atoms with Crippen molar-refractivity contribution < 1.29 is 15.0 Å². The summed E-state index contributed by atoms with van der Waals surface area (Å²) in [7, 11) is 3.41. The Morgan fingerprint density at radius 2 is 1.50 bits per heavy atom. The van der Waals surface area contributed by atoms with Crippen molar-refractivity contribution in [2.24, 2.45) is 14.1 Å². The third kappa shape index (κ3) is 1.90. The summed E-state index contributed by atoms with van der Waals surface area (Å²) in [5, 5.41) is 19.7. The van der Waals surface area contributed by atoms with Crippen molar-refractivity contribution in [1.29, 1.82) is 0 Å². The standard InChI is InChI=1S/C13H14N2O3/c1-14-7-3-5-9(14)11(16)13(18)12(17)10-6-4-8-15(10)2/h3-8,16,18H,1-2H3/b13-11+. The first-order chi connectivity index (χ1) is 8.52. The lowest BCUT2D eigenvalue weighted by Crippen LogP contribution is -2.11. The van der Waals surface area contributed by atoms with Gasteiger partial charge in [-0.15, -0.1) is 0 Å². The Hall–Kier alpha value is -2.43. The summed E-state index contributed by atoms with van der Waals surface area (Å²) < 4.78 is 3.20. The minimum atomic E-state index is -0.654. The zero-order valence-corrected chi connectivity index (χ0v) is 10.2. The Balaban J connectivity index is 2.42. The lowest BCUT2D eigenvalue weighted by molar-refractivity contribution is 0.0967. The molecule has 0 aliphatic heterocycles. The Morgan fingerprint density at radius 1 is 1.00 bits per heavy atom. The van der Waals surface area contributed by atoms with Gasteiger partial charge in [0.2, 0.25) is 11.5 Å². The van der Waals surface area contributed by atoms with Gasteiger partial charge in [-0.3, -0.25) is 4.79 Å². The number of aliphatic hydroxyl groups excluding tert-OH is 2. The first kappa shape index (κ1) is 12.0. The number of rotatable bonds is 3. The minimum absolute atomic E-state index is 0.313. The van der Waals surface area contributed by atoms with E-state index < -0.39 is 17.3 Å². The van der Waals surface area contributed by atoms with Crippen LogP contribution in [0.2, 0.25) is 0 Å². The van der Waals surface area contributed by atoms with Crippen molar-refractivity contribution in [1.82, 2.24) is 9.13 Å². The molecule has 0 bridgehead atoms. The van der Waals surface area contributed by atoms with Crippen LogP contribution in [-0.2, 0) is 14.1 Å². The first-order valence-corrected chi connectivity index (χ1v) is 5.42. The van der Waals surface area contributed by atoms with Crippen LogP contribution in [0, 0.1) is 0 Å². The van der Waals surface area contributed by atoms with Gasteiger partial charge < -0.3 is 19.3 Å². The number of hydrogen-bond donors (Lipinski definition) is 2. The molecule has 2 aromatic rings. The molecule has 2 heterocycles. The zero-order valence-electron chi connectivity index (χ0n) is 10.2. The molecule has 94 valence electrons. The predicted molar refractivity (Wildman–Crippen MR) is 67.3 cm³/mol. The average Bonchev–Trinajstić information content (AvgIpc) is 2.95. The molecule has 0 radical (unpaired) electrons. The summed E-state index contributed by atoms with van der Waals surface area (Å²) in [6, 6.07) is 6.60. The molecule has 0 atom stereocenters. The van der Waals surface area contributed by atoms with Crippen molar-refractivity contribution >= 4 is 11.5 Å². The number of carbonyl (C=O) groups excluding carboxylic acids is 1. The van der Waals surface area contributed by atoms with E-state index in [1.807, 2.05) is 0 Å². The van der Waals surface area contributed by atoms with Gasteiger partial charge in [-0.05, 0) is 24.3 Å². The number of aryl methyl sites for hydroxylation is 2. The normalized spacial score (nSPS) is 12.3. The Bertz CT molecular complexity index is 620. The SMILES string of the molecule is Cn1cccc1C(=O)/C(O)=C(\O)c1cccn1C. The van der Waals surface area contributed by atoms with Crippen LogP contribution < -0.4 is 0 Å². The van der Waals surface area contributed by atoms with E-state index in [0.29, 0.717) is 11.4 Å². The van der Waals surface area contributed by atoms with Gasteiger partial charge in [0.25, 0.3) is 0 Å². The molecule has 0 spiro atoms. The van der Waals surface area contributed by atoms with E-state index in [0.717, 1.165) is 0 Å². The van der Waals surface area contributed by atoms with E-state index in [-0.39, 0.29) is 0 Å². The van der Waals surface area contributed by atoms with Crippen LogP contribution >= 0.6 is 0 Å². The zero-order chi connectivity index (χ0) is 13.3. The van der Waals surface area contributed by atoms with Gasteiger partial charge in [0.15, 0.2) is 5.76 Å². The maximum Gasteiger partial charge on any atom is 0.247 e. The maximum absolute atomic E-state index is 12.0. The quantitative estimate of drug-likeness (QED) is 0.494. The van der Waals surface area contributed by atoms with Crippen molar-refractivity contribution in [2.45, 2.75) is 0 Å². The summed E-state index contributed by atoms with van der Waals surface area (Å²) in [4.78, 5) is 12.0. The first-order valence-electron chi connectivity index (χ1n) is 5.42. The number of hydrogen-bond acceptors (Lipinski definition) is 3. The number of Topliss-reactive ketones (excluding diaryl/α,β-unsaturated/α-hetero) is 1. The molecule has 18 heavy (non-hydrogen) atoms. The van der Waals surface area contributed by atoms with E-state index in [2.05, 4.69) is 0 Å². The highest BCUT2D eigenvalue weighted by molar-refractivity contribution is 6.09. The molecule has 0 aliphatic carbocycles. The number of aliphatic hydroxyl groups is 2. The number of carbonyl (C=O) groups is 1. The fourth-order valence-electron chi connectivity index (χ4n) is 1.75. The van der Waals surface area contributed by atoms with E-state index in [9.17, 15) is 15.0 Å². The summed E-state index contributed by atoms with van der Waals surface area (Å²) >= 11 is 0. The molecule has 5 heteroatoms. The lowest BCUT2D eigenvalue weighted by Gasteiger charge is -2.06. The third-order valence-electron chi connectivity index (χ3n) is 2.80. The summed E-state index contributed by atoms with van der Waals surface area (Å²) in [5.41, 5.74) is 0.698. The molecule has 2 N–H and O–H groups in total. The second kappa shape index (κ2) is 4.44. The molecule has 2 aromatic heterocycles. The van der Waals surface area contributed by atoms with Gasteiger partial charge in [0.1, 0.15) is 0 Å². The smallest absolute Gasteiger partial charge is 0.247 e. The van der Waals surface area contributed by atoms with Crippen molar-refractivity contribution in [2.75, 3.05) is 0 Å². The van der Waals surface area contributed by atoms with Gasteiger partial charge in [0.05, 0.1) is 11.4 Å². The number of nitrogens with zero attached hydrogens (tertiary/aromatic N) is 2. The van der Waals surface area contributed by atoms with Crippen molar-refractivity contribution in [3.8, 4) is 0 Å². The molecular formula is C13H14N2O3. The summed E-state index contributed by atoms with van der Waals surface area (Å²) in [6.07, 6.45) is 3.41.